The van der Waals surface area contributed by atoms with Gasteiger partial charge in [-0.3, -0.25) is 4.79 Å². The van der Waals surface area contributed by atoms with Gasteiger partial charge in [0.2, 0.25) is 5.91 Å². The molecule has 1 amide bonds. The molecule has 0 fully saturated rings. The largest absolute Gasteiger partial charge is 0.311 e. The first kappa shape index (κ1) is 17.0. The van der Waals surface area contributed by atoms with E-state index >= 15 is 0 Å². The number of carbonyl (C=O) groups excluding carboxylic acids is 1. The van der Waals surface area contributed by atoms with Crippen molar-refractivity contribution in [3.63, 3.8) is 0 Å². The number of carbonyl (C=O) groups is 1. The molecule has 0 saturated carbocycles. The van der Waals surface area contributed by atoms with E-state index in [2.05, 4.69) is 15.9 Å². The number of amides is 1. The van der Waals surface area contributed by atoms with Crippen molar-refractivity contribution in [2.45, 2.75) is 5.75 Å². The number of rotatable bonds is 5. The fourth-order valence-corrected chi connectivity index (χ4v) is 3.48. The first-order chi connectivity index (χ1) is 10.5. The summed E-state index contributed by atoms with van der Waals surface area (Å²) in [5.74, 6) is -0.780. The van der Waals surface area contributed by atoms with Crippen molar-refractivity contribution in [1.82, 2.24) is 0 Å². The monoisotopic (exact) mass is 385 g/mol. The van der Waals surface area contributed by atoms with Gasteiger partial charge in [-0.1, -0.05) is 30.3 Å². The van der Waals surface area contributed by atoms with Crippen LogP contribution in [0.2, 0.25) is 0 Å². The molecule has 0 spiro atoms. The summed E-state index contributed by atoms with van der Waals surface area (Å²) in [7, 11) is 1.48. The second kappa shape index (κ2) is 7.74. The Morgan fingerprint density at radius 1 is 1.23 bits per heavy atom. The highest BCUT2D eigenvalue weighted by Crippen LogP contribution is 2.30. The molecule has 0 radical (unpaired) electrons. The minimum absolute atomic E-state index is 0.0479. The zero-order chi connectivity index (χ0) is 16.1. The average Bonchev–Trinajstić information content (AvgIpc) is 2.47. The molecule has 0 bridgehead atoms. The highest BCUT2D eigenvalue weighted by Gasteiger charge is 2.19. The smallest absolute Gasteiger partial charge is 0.236 e. The summed E-state index contributed by atoms with van der Waals surface area (Å²) in [5, 5.41) is 0. The van der Waals surface area contributed by atoms with Crippen LogP contribution < -0.4 is 4.90 Å². The Morgan fingerprint density at radius 2 is 1.91 bits per heavy atom. The third kappa shape index (κ3) is 4.30. The van der Waals surface area contributed by atoms with Gasteiger partial charge in [0, 0.05) is 23.3 Å². The summed E-state index contributed by atoms with van der Waals surface area (Å²) in [6.45, 7) is 0. The van der Waals surface area contributed by atoms with Gasteiger partial charge in [-0.15, -0.1) is 11.8 Å². The lowest BCUT2D eigenvalue weighted by molar-refractivity contribution is -0.115. The lowest BCUT2D eigenvalue weighted by Crippen LogP contribution is -2.29. The van der Waals surface area contributed by atoms with Gasteiger partial charge in [0.15, 0.2) is 5.82 Å². The van der Waals surface area contributed by atoms with E-state index in [4.69, 9.17) is 0 Å². The number of hydrogen-bond donors (Lipinski definition) is 0. The minimum atomic E-state index is -0.768. The lowest BCUT2D eigenvalue weighted by atomic mass is 10.2. The van der Waals surface area contributed by atoms with E-state index in [0.29, 0.717) is 5.75 Å². The molecule has 0 heterocycles. The first-order valence-corrected chi connectivity index (χ1v) is 8.46. The number of anilines is 1. The fraction of sp³-hybridized carbons (Fsp3) is 0.188. The molecular weight excluding hydrogens is 372 g/mol. The number of halogens is 3. The van der Waals surface area contributed by atoms with Crippen LogP contribution in [0.25, 0.3) is 0 Å². The Kier molecular flexibility index (Phi) is 5.97. The van der Waals surface area contributed by atoms with Crippen LogP contribution in [-0.2, 0) is 10.5 Å². The lowest BCUT2D eigenvalue weighted by Gasteiger charge is -2.19. The van der Waals surface area contributed by atoms with Crippen molar-refractivity contribution in [1.29, 1.82) is 0 Å². The van der Waals surface area contributed by atoms with E-state index < -0.39 is 11.6 Å². The minimum Gasteiger partial charge on any atom is -0.311 e. The first-order valence-electron chi connectivity index (χ1n) is 6.52. The van der Waals surface area contributed by atoms with Crippen LogP contribution in [0.15, 0.2) is 46.9 Å². The molecule has 0 aliphatic rings. The Hall–Kier alpha value is -1.40. The summed E-state index contributed by atoms with van der Waals surface area (Å²) in [4.78, 5) is 13.4. The number of nitrogens with zero attached hydrogens (tertiary/aromatic N) is 1. The van der Waals surface area contributed by atoms with Crippen LogP contribution in [-0.4, -0.2) is 18.7 Å². The molecule has 2 aromatic carbocycles. The van der Waals surface area contributed by atoms with Crippen LogP contribution in [0.5, 0.6) is 0 Å². The second-order valence-electron chi connectivity index (χ2n) is 4.65. The Balaban J connectivity index is 1.98. The van der Waals surface area contributed by atoms with Crippen LogP contribution in [0.1, 0.15) is 5.56 Å². The normalized spacial score (nSPS) is 10.5. The van der Waals surface area contributed by atoms with E-state index in [1.165, 1.54) is 23.7 Å². The average molecular weight is 386 g/mol. The Morgan fingerprint density at radius 3 is 2.55 bits per heavy atom. The van der Waals surface area contributed by atoms with Crippen molar-refractivity contribution in [3.8, 4) is 0 Å². The number of hydrogen-bond acceptors (Lipinski definition) is 2. The molecule has 0 aliphatic heterocycles. The Bertz CT molecular complexity index is 643. The van der Waals surface area contributed by atoms with Crippen LogP contribution >= 0.6 is 27.7 Å². The molecule has 116 valence electrons. The molecule has 6 heteroatoms. The summed E-state index contributed by atoms with van der Waals surface area (Å²) in [6, 6.07) is 11.7. The molecule has 0 N–H and O–H groups in total. The maximum atomic E-state index is 13.8. The van der Waals surface area contributed by atoms with E-state index in [9.17, 15) is 13.6 Å². The third-order valence-electron chi connectivity index (χ3n) is 3.03. The van der Waals surface area contributed by atoms with Crippen molar-refractivity contribution < 1.29 is 13.6 Å². The zero-order valence-electron chi connectivity index (χ0n) is 11.9. The van der Waals surface area contributed by atoms with E-state index in [0.717, 1.165) is 17.7 Å². The second-order valence-corrected chi connectivity index (χ2v) is 6.49. The van der Waals surface area contributed by atoms with Gasteiger partial charge in [0.1, 0.15) is 5.82 Å². The highest BCUT2D eigenvalue weighted by molar-refractivity contribution is 9.10. The Labute approximate surface area is 140 Å². The molecule has 2 nitrogen and oxygen atoms in total. The van der Waals surface area contributed by atoms with Crippen molar-refractivity contribution in [3.05, 3.63) is 64.1 Å². The van der Waals surface area contributed by atoms with Crippen molar-refractivity contribution in [2.24, 2.45) is 0 Å². The zero-order valence-corrected chi connectivity index (χ0v) is 14.3. The van der Waals surface area contributed by atoms with Gasteiger partial charge in [0.05, 0.1) is 11.4 Å². The van der Waals surface area contributed by atoms with Crippen molar-refractivity contribution in [2.75, 3.05) is 17.7 Å². The van der Waals surface area contributed by atoms with Gasteiger partial charge < -0.3 is 4.90 Å². The molecular formula is C16H14BrF2NOS. The molecule has 2 aromatic rings. The van der Waals surface area contributed by atoms with E-state index in [-0.39, 0.29) is 21.8 Å². The molecule has 22 heavy (non-hydrogen) atoms. The molecule has 2 rings (SSSR count). The number of thioether (sulfide) groups is 1. The van der Waals surface area contributed by atoms with Gasteiger partial charge in [-0.2, -0.15) is 0 Å². The summed E-state index contributed by atoms with van der Waals surface area (Å²) < 4.78 is 27.1. The van der Waals surface area contributed by atoms with Crippen LogP contribution in [0.4, 0.5) is 14.5 Å². The predicted molar refractivity (Wildman–Crippen MR) is 90.1 cm³/mol. The van der Waals surface area contributed by atoms with Gasteiger partial charge >= 0.3 is 0 Å². The van der Waals surface area contributed by atoms with Crippen LogP contribution in [0.3, 0.4) is 0 Å². The molecule has 0 aliphatic carbocycles. The molecule has 0 aromatic heterocycles. The summed E-state index contributed by atoms with van der Waals surface area (Å²) in [5.41, 5.74) is 1.17. The highest BCUT2D eigenvalue weighted by atomic mass is 79.9. The van der Waals surface area contributed by atoms with E-state index in [1.54, 1.807) is 0 Å². The SMILES string of the molecule is CN(C(=O)CSCc1ccccc1)c1c(F)cc(F)cc1Br. The molecule has 0 saturated heterocycles. The number of benzene rings is 2. The van der Waals surface area contributed by atoms with Crippen molar-refractivity contribution >= 4 is 39.3 Å². The maximum absolute atomic E-state index is 13.8. The molecule has 0 unspecified atom stereocenters. The molecule has 0 atom stereocenters. The van der Waals surface area contributed by atoms with Gasteiger partial charge in [0.25, 0.3) is 0 Å². The predicted octanol–water partition coefficient (Wildman–Crippen LogP) is 4.62. The summed E-state index contributed by atoms with van der Waals surface area (Å²) in [6.07, 6.45) is 0. The van der Waals surface area contributed by atoms with Gasteiger partial charge in [-0.05, 0) is 27.6 Å². The van der Waals surface area contributed by atoms with Crippen LogP contribution in [0, 0.1) is 11.6 Å². The van der Waals surface area contributed by atoms with Gasteiger partial charge in [-0.25, -0.2) is 8.78 Å². The fourth-order valence-electron chi connectivity index (χ4n) is 1.91. The third-order valence-corrected chi connectivity index (χ3v) is 4.62. The summed E-state index contributed by atoms with van der Waals surface area (Å²) >= 11 is 4.54. The standard InChI is InChI=1S/C16H14BrF2NOS/c1-20(16-13(17)7-12(18)8-14(16)19)15(21)10-22-9-11-5-3-2-4-6-11/h2-8H,9-10H2,1H3. The van der Waals surface area contributed by atoms with E-state index in [1.807, 2.05) is 30.3 Å². The topological polar surface area (TPSA) is 20.3 Å². The quantitative estimate of drug-likeness (QED) is 0.747. The maximum Gasteiger partial charge on any atom is 0.236 e.